The maximum Gasteiger partial charge on any atom is 0.274 e. The predicted octanol–water partition coefficient (Wildman–Crippen LogP) is 1.08. The van der Waals surface area contributed by atoms with E-state index in [1.807, 2.05) is 31.1 Å². The molecule has 0 saturated carbocycles. The van der Waals surface area contributed by atoms with Crippen molar-refractivity contribution in [2.45, 2.75) is 6.54 Å². The molecule has 2 aromatic heterocycles. The van der Waals surface area contributed by atoms with Gasteiger partial charge in [0.1, 0.15) is 5.69 Å². The smallest absolute Gasteiger partial charge is 0.274 e. The van der Waals surface area contributed by atoms with Crippen LogP contribution in [0.5, 0.6) is 0 Å². The highest BCUT2D eigenvalue weighted by Gasteiger charge is 2.17. The second-order valence-electron chi connectivity index (χ2n) is 4.98. The highest BCUT2D eigenvalue weighted by atomic mass is 16.2. The van der Waals surface area contributed by atoms with E-state index in [4.69, 9.17) is 0 Å². The van der Waals surface area contributed by atoms with E-state index < -0.39 is 0 Å². The average Bonchev–Trinajstić information content (AvgIpc) is 2.52. The van der Waals surface area contributed by atoms with Crippen LogP contribution in [0.1, 0.15) is 16.1 Å². The number of hydrogen-bond acceptors (Lipinski definition) is 5. The molecular weight excluding hydrogens is 266 g/mol. The fraction of sp³-hybridized carbons (Fsp3) is 0.333. The van der Waals surface area contributed by atoms with Crippen LogP contribution in [0.15, 0.2) is 43.1 Å². The normalized spacial score (nSPS) is 10.6. The second-order valence-corrected chi connectivity index (χ2v) is 4.98. The Labute approximate surface area is 124 Å². The fourth-order valence-electron chi connectivity index (χ4n) is 1.86. The molecular formula is C15H19N5O. The van der Waals surface area contributed by atoms with Crippen molar-refractivity contribution in [3.63, 3.8) is 0 Å². The SMILES string of the molecule is CN(C)CCN(Cc1cccnc1)C(=O)c1cnccn1. The second kappa shape index (κ2) is 7.44. The fourth-order valence-corrected chi connectivity index (χ4v) is 1.86. The number of carbonyl (C=O) groups excluding carboxylic acids is 1. The lowest BCUT2D eigenvalue weighted by molar-refractivity contribution is 0.0725. The maximum atomic E-state index is 12.5. The number of likely N-dealkylation sites (N-methyl/N-ethyl adjacent to an activating group) is 1. The molecule has 0 radical (unpaired) electrons. The first kappa shape index (κ1) is 15.1. The standard InChI is InChI=1S/C15H19N5O/c1-19(2)8-9-20(12-13-4-3-5-16-10-13)15(21)14-11-17-6-7-18-14/h3-7,10-11H,8-9,12H2,1-2H3. The van der Waals surface area contributed by atoms with Gasteiger partial charge in [-0.15, -0.1) is 0 Å². The third kappa shape index (κ3) is 4.61. The molecule has 0 aliphatic heterocycles. The van der Waals surface area contributed by atoms with Gasteiger partial charge in [0.2, 0.25) is 0 Å². The topological polar surface area (TPSA) is 62.2 Å². The molecule has 0 aliphatic rings. The number of rotatable bonds is 6. The molecule has 0 atom stereocenters. The summed E-state index contributed by atoms with van der Waals surface area (Å²) in [6.07, 6.45) is 8.07. The molecule has 110 valence electrons. The van der Waals surface area contributed by atoms with Crippen LogP contribution in [0.4, 0.5) is 0 Å². The third-order valence-electron chi connectivity index (χ3n) is 2.98. The summed E-state index contributed by atoms with van der Waals surface area (Å²) in [4.78, 5) is 28.5. The number of aromatic nitrogens is 3. The monoisotopic (exact) mass is 285 g/mol. The van der Waals surface area contributed by atoms with Gasteiger partial charge in [0.05, 0.1) is 6.20 Å². The Morgan fingerprint density at radius 1 is 1.10 bits per heavy atom. The Morgan fingerprint density at radius 3 is 2.52 bits per heavy atom. The summed E-state index contributed by atoms with van der Waals surface area (Å²) in [5.41, 5.74) is 1.36. The lowest BCUT2D eigenvalue weighted by Crippen LogP contribution is -2.36. The van der Waals surface area contributed by atoms with Crippen LogP contribution in [0, 0.1) is 0 Å². The van der Waals surface area contributed by atoms with Crippen molar-refractivity contribution in [1.29, 1.82) is 0 Å². The number of pyridine rings is 1. The molecule has 0 aromatic carbocycles. The first-order valence-electron chi connectivity index (χ1n) is 6.76. The van der Waals surface area contributed by atoms with Crippen molar-refractivity contribution in [3.8, 4) is 0 Å². The summed E-state index contributed by atoms with van der Waals surface area (Å²) in [5.74, 6) is -0.117. The van der Waals surface area contributed by atoms with Crippen LogP contribution < -0.4 is 0 Å². The van der Waals surface area contributed by atoms with Gasteiger partial charge >= 0.3 is 0 Å². The Balaban J connectivity index is 2.13. The minimum Gasteiger partial charge on any atom is -0.332 e. The van der Waals surface area contributed by atoms with Crippen LogP contribution in [-0.2, 0) is 6.54 Å². The summed E-state index contributed by atoms with van der Waals surface area (Å²) in [7, 11) is 3.96. The molecule has 0 bridgehead atoms. The van der Waals surface area contributed by atoms with E-state index in [2.05, 4.69) is 15.0 Å². The third-order valence-corrected chi connectivity index (χ3v) is 2.98. The highest BCUT2D eigenvalue weighted by Crippen LogP contribution is 2.07. The first-order chi connectivity index (χ1) is 10.2. The van der Waals surface area contributed by atoms with Gasteiger partial charge in [0, 0.05) is 44.4 Å². The van der Waals surface area contributed by atoms with Crippen LogP contribution in [-0.4, -0.2) is 57.8 Å². The quantitative estimate of drug-likeness (QED) is 0.794. The summed E-state index contributed by atoms with van der Waals surface area (Å²) < 4.78 is 0. The number of nitrogens with zero attached hydrogens (tertiary/aromatic N) is 5. The van der Waals surface area contributed by atoms with E-state index in [9.17, 15) is 4.79 Å². The van der Waals surface area contributed by atoms with E-state index in [0.29, 0.717) is 18.8 Å². The molecule has 6 nitrogen and oxygen atoms in total. The predicted molar refractivity (Wildman–Crippen MR) is 79.6 cm³/mol. The minimum atomic E-state index is -0.117. The summed E-state index contributed by atoms with van der Waals surface area (Å²) in [6, 6.07) is 3.83. The Bertz CT molecular complexity index is 559. The van der Waals surface area contributed by atoms with Crippen LogP contribution >= 0.6 is 0 Å². The molecule has 0 N–H and O–H groups in total. The van der Waals surface area contributed by atoms with Crippen LogP contribution in [0.25, 0.3) is 0 Å². The molecule has 21 heavy (non-hydrogen) atoms. The van der Waals surface area contributed by atoms with Gasteiger partial charge in [-0.25, -0.2) is 4.98 Å². The molecule has 0 unspecified atom stereocenters. The first-order valence-corrected chi connectivity index (χ1v) is 6.76. The van der Waals surface area contributed by atoms with E-state index >= 15 is 0 Å². The lowest BCUT2D eigenvalue weighted by atomic mass is 10.2. The van der Waals surface area contributed by atoms with Gasteiger partial charge < -0.3 is 9.80 Å². The molecule has 2 aromatic rings. The minimum absolute atomic E-state index is 0.117. The molecule has 2 rings (SSSR count). The van der Waals surface area contributed by atoms with Crippen molar-refractivity contribution < 1.29 is 4.79 Å². The highest BCUT2D eigenvalue weighted by molar-refractivity contribution is 5.91. The van der Waals surface area contributed by atoms with Gasteiger partial charge in [-0.3, -0.25) is 14.8 Å². The van der Waals surface area contributed by atoms with E-state index in [0.717, 1.165) is 12.1 Å². The molecule has 1 amide bonds. The number of amides is 1. The average molecular weight is 285 g/mol. The van der Waals surface area contributed by atoms with Crippen molar-refractivity contribution in [2.75, 3.05) is 27.2 Å². The molecule has 2 heterocycles. The van der Waals surface area contributed by atoms with Gasteiger partial charge in [0.15, 0.2) is 0 Å². The van der Waals surface area contributed by atoms with E-state index in [-0.39, 0.29) is 5.91 Å². The zero-order valence-corrected chi connectivity index (χ0v) is 12.3. The molecule has 0 aliphatic carbocycles. The number of hydrogen-bond donors (Lipinski definition) is 0. The van der Waals surface area contributed by atoms with Crippen LogP contribution in [0.2, 0.25) is 0 Å². The molecule has 0 saturated heterocycles. The summed E-state index contributed by atoms with van der Waals surface area (Å²) in [5, 5.41) is 0. The van der Waals surface area contributed by atoms with Crippen molar-refractivity contribution in [1.82, 2.24) is 24.8 Å². The summed E-state index contributed by atoms with van der Waals surface area (Å²) >= 11 is 0. The van der Waals surface area contributed by atoms with Gasteiger partial charge in [0.25, 0.3) is 5.91 Å². The van der Waals surface area contributed by atoms with Gasteiger partial charge in [-0.1, -0.05) is 6.07 Å². The maximum absolute atomic E-state index is 12.5. The van der Waals surface area contributed by atoms with Gasteiger partial charge in [-0.05, 0) is 25.7 Å². The molecule has 0 spiro atoms. The zero-order chi connectivity index (χ0) is 15.1. The van der Waals surface area contributed by atoms with Gasteiger partial charge in [-0.2, -0.15) is 0 Å². The van der Waals surface area contributed by atoms with Crippen molar-refractivity contribution >= 4 is 5.91 Å². The largest absolute Gasteiger partial charge is 0.332 e. The summed E-state index contributed by atoms with van der Waals surface area (Å²) in [6.45, 7) is 1.92. The van der Waals surface area contributed by atoms with E-state index in [1.54, 1.807) is 23.5 Å². The van der Waals surface area contributed by atoms with E-state index in [1.165, 1.54) is 12.4 Å². The molecule has 6 heteroatoms. The molecule has 0 fully saturated rings. The van der Waals surface area contributed by atoms with Crippen molar-refractivity contribution in [3.05, 3.63) is 54.4 Å². The Morgan fingerprint density at radius 2 is 1.90 bits per heavy atom. The Hall–Kier alpha value is -2.34. The van der Waals surface area contributed by atoms with Crippen LogP contribution in [0.3, 0.4) is 0 Å². The lowest BCUT2D eigenvalue weighted by Gasteiger charge is -2.24. The zero-order valence-electron chi connectivity index (χ0n) is 12.3. The number of carbonyl (C=O) groups is 1. The Kier molecular flexibility index (Phi) is 5.34. The van der Waals surface area contributed by atoms with Crippen molar-refractivity contribution in [2.24, 2.45) is 0 Å².